The number of aliphatic hydroxyl groups is 2. The van der Waals surface area contributed by atoms with Crippen molar-refractivity contribution in [2.24, 2.45) is 16.7 Å². The summed E-state index contributed by atoms with van der Waals surface area (Å²) in [6.45, 7) is 13.8. The van der Waals surface area contributed by atoms with Gasteiger partial charge in [0.15, 0.2) is 25.8 Å². The molecule has 2 aromatic carbocycles. The Morgan fingerprint density at radius 3 is 2.09 bits per heavy atom. The van der Waals surface area contributed by atoms with Crippen molar-refractivity contribution in [2.75, 3.05) is 6.61 Å². The second kappa shape index (κ2) is 15.5. The fourth-order valence-corrected chi connectivity index (χ4v) is 13.0. The highest BCUT2D eigenvalue weighted by atomic mass is 28.4. The summed E-state index contributed by atoms with van der Waals surface area (Å²) in [5.41, 5.74) is -5.60. The maximum absolute atomic E-state index is 16.1. The van der Waals surface area contributed by atoms with Crippen LogP contribution in [0.3, 0.4) is 0 Å². The lowest BCUT2D eigenvalue weighted by atomic mass is 9.44. The number of rotatable bonds is 11. The molecule has 1 aliphatic heterocycles. The summed E-state index contributed by atoms with van der Waals surface area (Å²) in [6.07, 6.45) is -7.66. The van der Waals surface area contributed by atoms with E-state index in [2.05, 4.69) is 20.8 Å². The molecule has 0 amide bonds. The van der Waals surface area contributed by atoms with E-state index in [-0.39, 0.29) is 37.2 Å². The zero-order chi connectivity index (χ0) is 40.8. The number of ketones is 1. The van der Waals surface area contributed by atoms with Crippen LogP contribution in [-0.4, -0.2) is 90.7 Å². The lowest BCUT2D eigenvalue weighted by molar-refractivity contribution is -0.344. The quantitative estimate of drug-likeness (QED) is 0.111. The van der Waals surface area contributed by atoms with E-state index in [0.29, 0.717) is 11.1 Å². The molecule has 56 heavy (non-hydrogen) atoms. The molecule has 6 rings (SSSR count). The van der Waals surface area contributed by atoms with Gasteiger partial charge in [0.05, 0.1) is 35.7 Å². The van der Waals surface area contributed by atoms with Crippen molar-refractivity contribution in [1.29, 1.82) is 0 Å². The molecule has 12 nitrogen and oxygen atoms in total. The summed E-state index contributed by atoms with van der Waals surface area (Å²) >= 11 is 0. The molecule has 2 saturated carbocycles. The van der Waals surface area contributed by atoms with Crippen molar-refractivity contribution in [1.82, 2.24) is 0 Å². The topological polar surface area (TPSA) is 164 Å². The third-order valence-corrected chi connectivity index (χ3v) is 18.3. The second-order valence-electron chi connectivity index (χ2n) is 16.6. The zero-order valence-corrected chi connectivity index (χ0v) is 34.7. The minimum Gasteiger partial charge on any atom is -0.455 e. The van der Waals surface area contributed by atoms with Gasteiger partial charge >= 0.3 is 18.1 Å². The Kier molecular flexibility index (Phi) is 11.5. The van der Waals surface area contributed by atoms with Crippen molar-refractivity contribution >= 4 is 32.2 Å². The molecule has 0 radical (unpaired) electrons. The van der Waals surface area contributed by atoms with Crippen LogP contribution in [0.15, 0.2) is 71.8 Å². The standard InChI is InChI=1S/C43H56O12Si/c1-9-56(10-2,11-3)55-31-22-32-42(25-51-32,54-27(5)44)35-37(53-38(47)29-20-16-13-17-21-29)43(49)23-30(45)26(4)33(40(43,6)7)34(36(46)41(31,35)8)52-39(48)50-24-28-18-14-12-15-19-28/h12-21,30-32,34-35,37,45,49H,9-11,22-25H2,1-8H3/t30-,31-,32+,34+,35?,37?,41+,42-,43+/m0/s1. The molecule has 1 saturated heterocycles. The van der Waals surface area contributed by atoms with E-state index in [1.54, 1.807) is 82.3 Å². The van der Waals surface area contributed by atoms with Gasteiger partial charge in [-0.05, 0) is 60.8 Å². The summed E-state index contributed by atoms with van der Waals surface area (Å²) in [5.74, 6) is -3.37. The molecule has 2 bridgehead atoms. The molecule has 3 aliphatic carbocycles. The van der Waals surface area contributed by atoms with E-state index in [0.717, 1.165) is 18.1 Å². The van der Waals surface area contributed by atoms with Crippen LogP contribution in [0.5, 0.6) is 0 Å². The molecule has 0 spiro atoms. The normalized spacial score (nSPS) is 33.4. The molecule has 2 unspecified atom stereocenters. The van der Waals surface area contributed by atoms with Gasteiger partial charge in [-0.15, -0.1) is 0 Å². The first kappa shape index (κ1) is 41.7. The summed E-state index contributed by atoms with van der Waals surface area (Å²) < 4.78 is 37.9. The van der Waals surface area contributed by atoms with Gasteiger partial charge in [0.2, 0.25) is 0 Å². The van der Waals surface area contributed by atoms with Crippen molar-refractivity contribution in [3.8, 4) is 0 Å². The Hall–Kier alpha value is -3.88. The van der Waals surface area contributed by atoms with E-state index in [9.17, 15) is 24.6 Å². The van der Waals surface area contributed by atoms with Crippen LogP contribution in [0.2, 0.25) is 18.1 Å². The first-order chi connectivity index (χ1) is 26.4. The Morgan fingerprint density at radius 2 is 1.54 bits per heavy atom. The molecule has 2 aromatic rings. The number of ether oxygens (including phenoxy) is 5. The van der Waals surface area contributed by atoms with Gasteiger partial charge in [-0.25, -0.2) is 9.59 Å². The van der Waals surface area contributed by atoms with Crippen molar-refractivity contribution in [2.45, 2.75) is 135 Å². The Morgan fingerprint density at radius 1 is 0.929 bits per heavy atom. The van der Waals surface area contributed by atoms with Gasteiger partial charge in [-0.1, -0.05) is 83.1 Å². The van der Waals surface area contributed by atoms with Crippen LogP contribution in [-0.2, 0) is 44.3 Å². The van der Waals surface area contributed by atoms with Crippen LogP contribution in [0.4, 0.5) is 4.79 Å². The fraction of sp³-hybridized carbons (Fsp3) is 0.581. The van der Waals surface area contributed by atoms with Gasteiger partial charge in [0.25, 0.3) is 0 Å². The lowest BCUT2D eigenvalue weighted by Gasteiger charge is -2.68. The predicted octanol–water partition coefficient (Wildman–Crippen LogP) is 6.47. The molecule has 13 heteroatoms. The van der Waals surface area contributed by atoms with E-state index in [1.165, 1.54) is 6.92 Å². The highest BCUT2D eigenvalue weighted by molar-refractivity contribution is 6.73. The Balaban J connectivity index is 1.61. The van der Waals surface area contributed by atoms with Crippen LogP contribution in [0.25, 0.3) is 0 Å². The summed E-state index contributed by atoms with van der Waals surface area (Å²) in [6, 6.07) is 19.5. The predicted molar refractivity (Wildman–Crippen MR) is 207 cm³/mol. The van der Waals surface area contributed by atoms with Crippen molar-refractivity contribution in [3.63, 3.8) is 0 Å². The molecule has 304 valence electrons. The number of fused-ring (bicyclic) bond motifs is 5. The number of benzene rings is 2. The minimum atomic E-state index is -2.55. The Labute approximate surface area is 330 Å². The Bertz CT molecular complexity index is 1830. The summed E-state index contributed by atoms with van der Waals surface area (Å²) in [7, 11) is -2.55. The molecule has 2 N–H and O–H groups in total. The third-order valence-electron chi connectivity index (χ3n) is 13.6. The average Bonchev–Trinajstić information content (AvgIpc) is 3.17. The van der Waals surface area contributed by atoms with Gasteiger partial charge in [-0.3, -0.25) is 9.59 Å². The maximum Gasteiger partial charge on any atom is 0.509 e. The molecule has 9 atom stereocenters. The van der Waals surface area contributed by atoms with Crippen LogP contribution in [0, 0.1) is 16.7 Å². The van der Waals surface area contributed by atoms with Crippen LogP contribution >= 0.6 is 0 Å². The van der Waals surface area contributed by atoms with E-state index < -0.39 is 90.7 Å². The highest BCUT2D eigenvalue weighted by Gasteiger charge is 2.78. The number of Topliss-reactive ketones (excluding diaryl/α,β-unsaturated/α-hetero) is 1. The SMILES string of the molecule is CC[Si](CC)(CC)O[C@H]1C[C@H]2OC[C@@]2(OC(C)=O)C2C(OC(=O)c3ccccc3)[C@]3(O)C[C@H](O)C(C)=C([C@@H](OC(=O)OCc4ccccc4)C(=O)[C@@]21C)C3(C)C. The summed E-state index contributed by atoms with van der Waals surface area (Å²) in [4.78, 5) is 57.2. The maximum atomic E-state index is 16.1. The van der Waals surface area contributed by atoms with Crippen molar-refractivity contribution in [3.05, 3.63) is 82.9 Å². The highest BCUT2D eigenvalue weighted by Crippen LogP contribution is 2.65. The van der Waals surface area contributed by atoms with Gasteiger partial charge in [-0.2, -0.15) is 0 Å². The number of carbonyl (C=O) groups excluding carboxylic acids is 4. The van der Waals surface area contributed by atoms with Gasteiger partial charge < -0.3 is 38.3 Å². The molecule has 0 aromatic heterocycles. The van der Waals surface area contributed by atoms with Gasteiger partial charge in [0, 0.05) is 25.2 Å². The number of esters is 2. The molecule has 3 fully saturated rings. The van der Waals surface area contributed by atoms with E-state index in [1.807, 2.05) is 6.07 Å². The second-order valence-corrected chi connectivity index (χ2v) is 21.4. The monoisotopic (exact) mass is 792 g/mol. The number of hydrogen-bond acceptors (Lipinski definition) is 12. The number of hydrogen-bond donors (Lipinski definition) is 2. The van der Waals surface area contributed by atoms with Crippen molar-refractivity contribution < 1.29 is 57.5 Å². The molecular weight excluding hydrogens is 737 g/mol. The third kappa shape index (κ3) is 6.72. The number of aliphatic hydroxyl groups excluding tert-OH is 1. The number of carbonyl (C=O) groups is 4. The largest absolute Gasteiger partial charge is 0.509 e. The van der Waals surface area contributed by atoms with Crippen LogP contribution in [0.1, 0.15) is 84.2 Å². The molecular formula is C43H56O12Si. The average molecular weight is 793 g/mol. The lowest BCUT2D eigenvalue weighted by Crippen LogP contribution is -2.82. The van der Waals surface area contributed by atoms with E-state index in [4.69, 9.17) is 28.1 Å². The first-order valence-corrected chi connectivity index (χ1v) is 22.3. The summed E-state index contributed by atoms with van der Waals surface area (Å²) in [5, 5.41) is 25.3. The molecule has 1 heterocycles. The molecule has 4 aliphatic rings. The van der Waals surface area contributed by atoms with Crippen LogP contribution < -0.4 is 0 Å². The smallest absolute Gasteiger partial charge is 0.455 e. The fourth-order valence-electron chi connectivity index (χ4n) is 10.0. The first-order valence-electron chi connectivity index (χ1n) is 19.7. The van der Waals surface area contributed by atoms with E-state index >= 15 is 4.79 Å². The van der Waals surface area contributed by atoms with Gasteiger partial charge in [0.1, 0.15) is 24.4 Å². The zero-order valence-electron chi connectivity index (χ0n) is 33.7. The minimum absolute atomic E-state index is 0.133.